The fourth-order valence-electron chi connectivity index (χ4n) is 2.25. The summed E-state index contributed by atoms with van der Waals surface area (Å²) in [6.45, 7) is 5.73. The molecule has 5 nitrogen and oxygen atoms in total. The van der Waals surface area contributed by atoms with Gasteiger partial charge in [0.2, 0.25) is 0 Å². The van der Waals surface area contributed by atoms with E-state index < -0.39 is 0 Å². The molecule has 2 rings (SSSR count). The Morgan fingerprint density at radius 3 is 3.00 bits per heavy atom. The van der Waals surface area contributed by atoms with Gasteiger partial charge in [0.25, 0.3) is 0 Å². The second kappa shape index (κ2) is 4.98. The van der Waals surface area contributed by atoms with Gasteiger partial charge in [0, 0.05) is 36.5 Å². The average molecular weight is 237 g/mol. The van der Waals surface area contributed by atoms with Crippen molar-refractivity contribution in [1.82, 2.24) is 9.55 Å². The first-order valence-electron chi connectivity index (χ1n) is 5.96. The lowest BCUT2D eigenvalue weighted by molar-refractivity contribution is 0.178. The van der Waals surface area contributed by atoms with Gasteiger partial charge in [-0.1, -0.05) is 0 Å². The van der Waals surface area contributed by atoms with E-state index in [1.165, 1.54) is 0 Å². The number of hydrogen-bond acceptors (Lipinski definition) is 4. The Morgan fingerprint density at radius 1 is 1.65 bits per heavy atom. The normalized spacial score (nSPS) is 21.7. The van der Waals surface area contributed by atoms with Crippen LogP contribution in [0.5, 0.6) is 0 Å². The quantitative estimate of drug-likeness (QED) is 0.816. The molecule has 0 aliphatic carbocycles. The molecule has 1 fully saturated rings. The van der Waals surface area contributed by atoms with Gasteiger partial charge in [-0.2, -0.15) is 4.98 Å². The number of nitrogens with two attached hydrogens (primary N) is 1. The Balaban J connectivity index is 2.15. The first kappa shape index (κ1) is 12.3. The smallest absolute Gasteiger partial charge is 0.348 e. The largest absolute Gasteiger partial charge is 0.381 e. The van der Waals surface area contributed by atoms with E-state index in [4.69, 9.17) is 10.5 Å². The Kier molecular flexibility index (Phi) is 3.59. The van der Waals surface area contributed by atoms with Crippen molar-refractivity contribution >= 4 is 0 Å². The summed E-state index contributed by atoms with van der Waals surface area (Å²) in [4.78, 5) is 15.7. The Hall–Kier alpha value is -1.20. The number of hydrogen-bond donors (Lipinski definition) is 1. The molecule has 2 unspecified atom stereocenters. The van der Waals surface area contributed by atoms with Crippen LogP contribution >= 0.6 is 0 Å². The van der Waals surface area contributed by atoms with E-state index in [1.54, 1.807) is 4.57 Å². The highest BCUT2D eigenvalue weighted by Gasteiger charge is 2.23. The average Bonchev–Trinajstić information content (AvgIpc) is 2.76. The van der Waals surface area contributed by atoms with E-state index in [0.717, 1.165) is 24.4 Å². The molecule has 0 aromatic carbocycles. The molecule has 0 radical (unpaired) electrons. The van der Waals surface area contributed by atoms with Gasteiger partial charge in [0.05, 0.1) is 6.61 Å². The maximum Gasteiger partial charge on any atom is 0.348 e. The summed E-state index contributed by atoms with van der Waals surface area (Å²) >= 11 is 0. The number of aryl methyl sites for hydroxylation is 2. The highest BCUT2D eigenvalue weighted by Crippen LogP contribution is 2.16. The van der Waals surface area contributed by atoms with E-state index in [9.17, 15) is 4.79 Å². The molecule has 1 aromatic heterocycles. The zero-order valence-electron chi connectivity index (χ0n) is 10.3. The van der Waals surface area contributed by atoms with Gasteiger partial charge in [-0.15, -0.1) is 0 Å². The van der Waals surface area contributed by atoms with Crippen molar-refractivity contribution in [3.8, 4) is 0 Å². The molecular formula is C12H19N3O2. The first-order valence-corrected chi connectivity index (χ1v) is 5.96. The van der Waals surface area contributed by atoms with E-state index in [0.29, 0.717) is 19.1 Å². The Morgan fingerprint density at radius 2 is 2.41 bits per heavy atom. The maximum absolute atomic E-state index is 11.8. The molecule has 2 heterocycles. The van der Waals surface area contributed by atoms with Crippen LogP contribution in [0.1, 0.15) is 17.8 Å². The van der Waals surface area contributed by atoms with Crippen LogP contribution in [0.3, 0.4) is 0 Å². The van der Waals surface area contributed by atoms with Crippen molar-refractivity contribution < 1.29 is 4.74 Å². The third-order valence-electron chi connectivity index (χ3n) is 3.31. The predicted octanol–water partition coefficient (Wildman–Crippen LogP) is 0.224. The summed E-state index contributed by atoms with van der Waals surface area (Å²) in [5.41, 5.74) is 7.57. The van der Waals surface area contributed by atoms with Crippen LogP contribution in [0.2, 0.25) is 0 Å². The lowest BCUT2D eigenvalue weighted by atomic mass is 10.00. The van der Waals surface area contributed by atoms with Gasteiger partial charge < -0.3 is 10.5 Å². The molecule has 0 amide bonds. The molecule has 1 aromatic rings. The SMILES string of the molecule is Cc1cc(C)n(CC(N)C2CCOC2)c(=O)n1. The zero-order chi connectivity index (χ0) is 12.4. The summed E-state index contributed by atoms with van der Waals surface area (Å²) < 4.78 is 6.96. The molecule has 1 aliphatic heterocycles. The molecule has 0 bridgehead atoms. The molecule has 94 valence electrons. The number of ether oxygens (including phenoxy) is 1. The minimum Gasteiger partial charge on any atom is -0.381 e. The number of rotatable bonds is 3. The van der Waals surface area contributed by atoms with Crippen molar-refractivity contribution in [2.45, 2.75) is 32.9 Å². The number of nitrogens with zero attached hydrogens (tertiary/aromatic N) is 2. The van der Waals surface area contributed by atoms with Crippen LogP contribution < -0.4 is 11.4 Å². The van der Waals surface area contributed by atoms with Gasteiger partial charge in [-0.05, 0) is 26.3 Å². The molecule has 1 aliphatic rings. The van der Waals surface area contributed by atoms with Crippen molar-refractivity contribution in [2.75, 3.05) is 13.2 Å². The first-order chi connectivity index (χ1) is 8.08. The van der Waals surface area contributed by atoms with Gasteiger partial charge in [0.1, 0.15) is 0 Å². The fourth-order valence-corrected chi connectivity index (χ4v) is 2.25. The van der Waals surface area contributed by atoms with E-state index in [2.05, 4.69) is 4.98 Å². The standard InChI is InChI=1S/C12H19N3O2/c1-8-5-9(2)15(12(16)14-8)6-11(13)10-3-4-17-7-10/h5,10-11H,3-4,6-7,13H2,1-2H3. The van der Waals surface area contributed by atoms with E-state index >= 15 is 0 Å². The monoisotopic (exact) mass is 237 g/mol. The van der Waals surface area contributed by atoms with E-state index in [1.807, 2.05) is 19.9 Å². The predicted molar refractivity (Wildman–Crippen MR) is 64.9 cm³/mol. The Bertz CT molecular complexity index is 450. The zero-order valence-corrected chi connectivity index (χ0v) is 10.3. The maximum atomic E-state index is 11.8. The van der Waals surface area contributed by atoms with E-state index in [-0.39, 0.29) is 11.7 Å². The van der Waals surface area contributed by atoms with Crippen LogP contribution in [0, 0.1) is 19.8 Å². The molecular weight excluding hydrogens is 218 g/mol. The fraction of sp³-hybridized carbons (Fsp3) is 0.667. The lowest BCUT2D eigenvalue weighted by Crippen LogP contribution is -2.39. The van der Waals surface area contributed by atoms with Crippen LogP contribution in [0.25, 0.3) is 0 Å². The van der Waals surface area contributed by atoms with Crippen molar-refractivity contribution in [3.05, 3.63) is 27.9 Å². The molecule has 5 heteroatoms. The molecule has 2 atom stereocenters. The molecule has 17 heavy (non-hydrogen) atoms. The third-order valence-corrected chi connectivity index (χ3v) is 3.31. The molecule has 0 spiro atoms. The summed E-state index contributed by atoms with van der Waals surface area (Å²) in [6, 6.07) is 1.86. The van der Waals surface area contributed by atoms with Crippen LogP contribution in [0.4, 0.5) is 0 Å². The van der Waals surface area contributed by atoms with Crippen molar-refractivity contribution in [3.63, 3.8) is 0 Å². The molecule has 0 saturated carbocycles. The van der Waals surface area contributed by atoms with Gasteiger partial charge in [-0.25, -0.2) is 4.79 Å². The summed E-state index contributed by atoms with van der Waals surface area (Å²) in [6.07, 6.45) is 0.980. The van der Waals surface area contributed by atoms with Crippen LogP contribution in [-0.2, 0) is 11.3 Å². The third kappa shape index (κ3) is 2.73. The molecule has 2 N–H and O–H groups in total. The van der Waals surface area contributed by atoms with Crippen LogP contribution in [0.15, 0.2) is 10.9 Å². The highest BCUT2D eigenvalue weighted by molar-refractivity contribution is 5.06. The summed E-state index contributed by atoms with van der Waals surface area (Å²) in [5, 5.41) is 0. The minimum atomic E-state index is -0.211. The second-order valence-electron chi connectivity index (χ2n) is 4.72. The number of aromatic nitrogens is 2. The second-order valence-corrected chi connectivity index (χ2v) is 4.72. The topological polar surface area (TPSA) is 70.1 Å². The van der Waals surface area contributed by atoms with Crippen LogP contribution in [-0.4, -0.2) is 28.8 Å². The lowest BCUT2D eigenvalue weighted by Gasteiger charge is -2.19. The van der Waals surface area contributed by atoms with Crippen molar-refractivity contribution in [2.24, 2.45) is 11.7 Å². The van der Waals surface area contributed by atoms with Gasteiger partial charge in [0.15, 0.2) is 0 Å². The highest BCUT2D eigenvalue weighted by atomic mass is 16.5. The summed E-state index contributed by atoms with van der Waals surface area (Å²) in [7, 11) is 0. The van der Waals surface area contributed by atoms with Crippen molar-refractivity contribution in [1.29, 1.82) is 0 Å². The minimum absolute atomic E-state index is 0.0431. The van der Waals surface area contributed by atoms with Gasteiger partial charge >= 0.3 is 5.69 Å². The molecule has 1 saturated heterocycles. The Labute approximate surface area is 101 Å². The summed E-state index contributed by atoms with van der Waals surface area (Å²) in [5.74, 6) is 0.350. The van der Waals surface area contributed by atoms with Gasteiger partial charge in [-0.3, -0.25) is 4.57 Å².